The lowest BCUT2D eigenvalue weighted by Gasteiger charge is -2.24. The molecule has 124 valence electrons. The predicted octanol–water partition coefficient (Wildman–Crippen LogP) is 3.44. The summed E-state index contributed by atoms with van der Waals surface area (Å²) in [5, 5.41) is 7.57. The second-order valence-electron chi connectivity index (χ2n) is 5.77. The van der Waals surface area contributed by atoms with Crippen molar-refractivity contribution in [3.05, 3.63) is 35.3 Å². The van der Waals surface area contributed by atoms with Gasteiger partial charge >= 0.3 is 0 Å². The van der Waals surface area contributed by atoms with Gasteiger partial charge in [-0.2, -0.15) is 11.8 Å². The molecule has 0 radical (unpaired) electrons. The molecule has 2 aromatic rings. The Labute approximate surface area is 139 Å². The summed E-state index contributed by atoms with van der Waals surface area (Å²) in [6, 6.07) is 5.08. The molecule has 1 fully saturated rings. The third-order valence-electron chi connectivity index (χ3n) is 4.14. The Morgan fingerprint density at radius 2 is 2.35 bits per heavy atom. The molecule has 23 heavy (non-hydrogen) atoms. The first-order valence-electron chi connectivity index (χ1n) is 7.90. The van der Waals surface area contributed by atoms with Gasteiger partial charge in [0, 0.05) is 29.8 Å². The van der Waals surface area contributed by atoms with Crippen molar-refractivity contribution in [2.24, 2.45) is 4.99 Å². The summed E-state index contributed by atoms with van der Waals surface area (Å²) in [5.41, 5.74) is 1.68. The van der Waals surface area contributed by atoms with Gasteiger partial charge in [0.05, 0.1) is 6.54 Å². The van der Waals surface area contributed by atoms with Gasteiger partial charge in [0.2, 0.25) is 0 Å². The van der Waals surface area contributed by atoms with Crippen molar-refractivity contribution in [3.8, 4) is 0 Å². The van der Waals surface area contributed by atoms with E-state index in [1.54, 1.807) is 13.1 Å². The maximum absolute atomic E-state index is 13.4. The van der Waals surface area contributed by atoms with Crippen LogP contribution >= 0.6 is 11.8 Å². The van der Waals surface area contributed by atoms with Gasteiger partial charge in [-0.25, -0.2) is 4.39 Å². The number of hydrogen-bond donors (Lipinski definition) is 2. The number of rotatable bonds is 3. The summed E-state index contributed by atoms with van der Waals surface area (Å²) in [5.74, 6) is 3.71. The summed E-state index contributed by atoms with van der Waals surface area (Å²) in [6.45, 7) is 2.48. The van der Waals surface area contributed by atoms with Crippen LogP contribution in [0.5, 0.6) is 0 Å². The number of nitrogens with one attached hydrogen (secondary N) is 2. The quantitative estimate of drug-likeness (QED) is 0.666. The fourth-order valence-electron chi connectivity index (χ4n) is 2.82. The number of hydrogen-bond acceptors (Lipinski definition) is 3. The van der Waals surface area contributed by atoms with E-state index in [2.05, 4.69) is 15.6 Å². The van der Waals surface area contributed by atoms with Crippen molar-refractivity contribution < 1.29 is 8.81 Å². The highest BCUT2D eigenvalue weighted by Gasteiger charge is 2.16. The average Bonchev–Trinajstić information content (AvgIpc) is 2.88. The van der Waals surface area contributed by atoms with Gasteiger partial charge in [-0.3, -0.25) is 4.99 Å². The summed E-state index contributed by atoms with van der Waals surface area (Å²) in [6.07, 6.45) is 2.42. The van der Waals surface area contributed by atoms with Crippen molar-refractivity contribution in [1.82, 2.24) is 10.6 Å². The molecule has 0 bridgehead atoms. The summed E-state index contributed by atoms with van der Waals surface area (Å²) in [7, 11) is 1.77. The van der Waals surface area contributed by atoms with E-state index in [9.17, 15) is 4.39 Å². The standard InChI is InChI=1S/C17H22FN3OS/c1-11-14-8-12(18)5-6-15(14)22-16(11)9-20-17(19-2)21-13-4-3-7-23-10-13/h5-6,8,13H,3-4,7,9-10H2,1-2H3,(H2,19,20,21). The van der Waals surface area contributed by atoms with Crippen LogP contribution in [0.3, 0.4) is 0 Å². The fourth-order valence-corrected chi connectivity index (χ4v) is 3.89. The van der Waals surface area contributed by atoms with Gasteiger partial charge in [-0.05, 0) is 43.7 Å². The molecule has 0 spiro atoms. The Kier molecular flexibility index (Phi) is 5.10. The van der Waals surface area contributed by atoms with Crippen molar-refractivity contribution in [1.29, 1.82) is 0 Å². The fraction of sp³-hybridized carbons (Fsp3) is 0.471. The molecular weight excluding hydrogens is 313 g/mol. The zero-order valence-electron chi connectivity index (χ0n) is 13.5. The molecule has 1 aliphatic rings. The van der Waals surface area contributed by atoms with E-state index in [0.29, 0.717) is 18.2 Å². The van der Waals surface area contributed by atoms with Gasteiger partial charge in [0.1, 0.15) is 17.2 Å². The van der Waals surface area contributed by atoms with E-state index in [-0.39, 0.29) is 5.82 Å². The summed E-state index contributed by atoms with van der Waals surface area (Å²) < 4.78 is 19.2. The first-order chi connectivity index (χ1) is 11.2. The highest BCUT2D eigenvalue weighted by atomic mass is 32.2. The van der Waals surface area contributed by atoms with Crippen molar-refractivity contribution >= 4 is 28.7 Å². The zero-order valence-corrected chi connectivity index (χ0v) is 14.3. The predicted molar refractivity (Wildman–Crippen MR) is 94.6 cm³/mol. The molecule has 1 unspecified atom stereocenters. The molecule has 1 aromatic heterocycles. The molecule has 0 aliphatic carbocycles. The van der Waals surface area contributed by atoms with Gasteiger partial charge in [0.25, 0.3) is 0 Å². The maximum Gasteiger partial charge on any atom is 0.191 e. The number of guanidine groups is 1. The monoisotopic (exact) mass is 335 g/mol. The molecule has 6 heteroatoms. The first kappa shape index (κ1) is 16.2. The van der Waals surface area contributed by atoms with Crippen LogP contribution in [0.2, 0.25) is 0 Å². The molecule has 2 heterocycles. The normalized spacial score (nSPS) is 19.1. The number of aliphatic imine (C=N–C) groups is 1. The van der Waals surface area contributed by atoms with E-state index in [1.165, 1.54) is 30.7 Å². The topological polar surface area (TPSA) is 49.6 Å². The molecule has 1 aliphatic heterocycles. The molecule has 2 N–H and O–H groups in total. The van der Waals surface area contributed by atoms with E-state index < -0.39 is 0 Å². The van der Waals surface area contributed by atoms with E-state index in [4.69, 9.17) is 4.42 Å². The number of furan rings is 1. The van der Waals surface area contributed by atoms with Gasteiger partial charge in [-0.15, -0.1) is 0 Å². The van der Waals surface area contributed by atoms with Crippen LogP contribution in [0, 0.1) is 12.7 Å². The Hall–Kier alpha value is -1.69. The highest BCUT2D eigenvalue weighted by molar-refractivity contribution is 7.99. The molecule has 4 nitrogen and oxygen atoms in total. The Morgan fingerprint density at radius 3 is 3.09 bits per heavy atom. The van der Waals surface area contributed by atoms with Crippen LogP contribution in [-0.4, -0.2) is 30.6 Å². The van der Waals surface area contributed by atoms with Crippen molar-refractivity contribution in [2.75, 3.05) is 18.6 Å². The van der Waals surface area contributed by atoms with Crippen molar-refractivity contribution in [3.63, 3.8) is 0 Å². The van der Waals surface area contributed by atoms with Crippen molar-refractivity contribution in [2.45, 2.75) is 32.4 Å². The van der Waals surface area contributed by atoms with E-state index in [0.717, 1.165) is 28.4 Å². The lowest BCUT2D eigenvalue weighted by atomic mass is 10.1. The number of benzene rings is 1. The SMILES string of the molecule is CN=C(NCc1oc2ccc(F)cc2c1C)NC1CCCSC1. The minimum Gasteiger partial charge on any atom is -0.459 e. The number of nitrogens with zero attached hydrogens (tertiary/aromatic N) is 1. The van der Waals surface area contributed by atoms with Crippen LogP contribution in [0.1, 0.15) is 24.2 Å². The molecule has 1 atom stereocenters. The second kappa shape index (κ2) is 7.25. The first-order valence-corrected chi connectivity index (χ1v) is 9.05. The van der Waals surface area contributed by atoms with Crippen LogP contribution < -0.4 is 10.6 Å². The maximum atomic E-state index is 13.4. The lowest BCUT2D eigenvalue weighted by Crippen LogP contribution is -2.45. The molecule has 0 amide bonds. The minimum absolute atomic E-state index is 0.242. The lowest BCUT2D eigenvalue weighted by molar-refractivity contribution is 0.528. The minimum atomic E-state index is -0.242. The third kappa shape index (κ3) is 3.80. The molecule has 1 saturated heterocycles. The number of halogens is 1. The number of thioether (sulfide) groups is 1. The highest BCUT2D eigenvalue weighted by Crippen LogP contribution is 2.25. The average molecular weight is 335 g/mol. The van der Waals surface area contributed by atoms with E-state index >= 15 is 0 Å². The molecule has 3 rings (SSSR count). The zero-order chi connectivity index (χ0) is 16.2. The molecule has 0 saturated carbocycles. The smallest absolute Gasteiger partial charge is 0.191 e. The van der Waals surface area contributed by atoms with Gasteiger partial charge < -0.3 is 15.1 Å². The van der Waals surface area contributed by atoms with Gasteiger partial charge in [0.15, 0.2) is 5.96 Å². The number of fused-ring (bicyclic) bond motifs is 1. The number of aryl methyl sites for hydroxylation is 1. The summed E-state index contributed by atoms with van der Waals surface area (Å²) >= 11 is 1.98. The van der Waals surface area contributed by atoms with Gasteiger partial charge in [-0.1, -0.05) is 0 Å². The largest absolute Gasteiger partial charge is 0.459 e. The third-order valence-corrected chi connectivity index (χ3v) is 5.35. The van der Waals surface area contributed by atoms with Crippen LogP contribution in [0.25, 0.3) is 11.0 Å². The Bertz CT molecular complexity index is 707. The molecular formula is C17H22FN3OS. The van der Waals surface area contributed by atoms with Crippen LogP contribution in [-0.2, 0) is 6.54 Å². The van der Waals surface area contributed by atoms with Crippen LogP contribution in [0.4, 0.5) is 4.39 Å². The Morgan fingerprint density at radius 1 is 1.48 bits per heavy atom. The van der Waals surface area contributed by atoms with E-state index in [1.807, 2.05) is 18.7 Å². The second-order valence-corrected chi connectivity index (χ2v) is 6.92. The van der Waals surface area contributed by atoms with Crippen LogP contribution in [0.15, 0.2) is 27.6 Å². The summed E-state index contributed by atoms with van der Waals surface area (Å²) in [4.78, 5) is 4.28. The Balaban J connectivity index is 1.65. The molecule has 1 aromatic carbocycles.